The fourth-order valence-electron chi connectivity index (χ4n) is 4.77. The van der Waals surface area contributed by atoms with E-state index in [1.54, 1.807) is 6.07 Å². The Bertz CT molecular complexity index is 1270. The average Bonchev–Trinajstić information content (AvgIpc) is 2.83. The molecule has 0 bridgehead atoms. The van der Waals surface area contributed by atoms with Crippen LogP contribution in [0.15, 0.2) is 42.5 Å². The van der Waals surface area contributed by atoms with Crippen LogP contribution in [-0.2, 0) is 27.1 Å². The smallest absolute Gasteiger partial charge is 0.395 e. The number of aliphatic hydroxyl groups excluding tert-OH is 1. The van der Waals surface area contributed by atoms with Gasteiger partial charge in [0.25, 0.3) is 5.91 Å². The normalized spacial score (nSPS) is 21.6. The van der Waals surface area contributed by atoms with Gasteiger partial charge in [-0.05, 0) is 48.7 Å². The summed E-state index contributed by atoms with van der Waals surface area (Å²) >= 11 is 0. The van der Waals surface area contributed by atoms with Gasteiger partial charge in [-0.15, -0.1) is 0 Å². The summed E-state index contributed by atoms with van der Waals surface area (Å²) in [5.41, 5.74) is -2.20. The van der Waals surface area contributed by atoms with Crippen LogP contribution >= 0.6 is 0 Å². The van der Waals surface area contributed by atoms with Crippen molar-refractivity contribution in [2.24, 2.45) is 5.92 Å². The quantitative estimate of drug-likeness (QED) is 0.570. The Morgan fingerprint density at radius 1 is 1.16 bits per heavy atom. The second kappa shape index (κ2) is 9.82. The van der Waals surface area contributed by atoms with Gasteiger partial charge in [-0.2, -0.15) is 18.4 Å². The lowest BCUT2D eigenvalue weighted by Crippen LogP contribution is -2.73. The van der Waals surface area contributed by atoms with Crippen LogP contribution in [0.4, 0.5) is 23.2 Å². The zero-order valence-corrected chi connectivity index (χ0v) is 19.4. The molecule has 1 aliphatic carbocycles. The van der Waals surface area contributed by atoms with Crippen molar-refractivity contribution >= 4 is 23.4 Å². The molecule has 0 aromatic heterocycles. The van der Waals surface area contributed by atoms with Gasteiger partial charge in [0, 0.05) is 19.0 Å². The molecule has 1 saturated carbocycles. The minimum absolute atomic E-state index is 0.00700. The first kappa shape index (κ1) is 26.1. The van der Waals surface area contributed by atoms with Crippen LogP contribution in [-0.4, -0.2) is 53.0 Å². The number of hydrogen-bond acceptors (Lipinski definition) is 5. The van der Waals surface area contributed by atoms with Crippen LogP contribution in [0.25, 0.3) is 0 Å². The number of piperazine rings is 1. The van der Waals surface area contributed by atoms with E-state index in [1.165, 1.54) is 29.2 Å². The zero-order chi connectivity index (χ0) is 27.0. The number of alkyl halides is 3. The summed E-state index contributed by atoms with van der Waals surface area (Å²) in [6, 6.07) is 9.45. The van der Waals surface area contributed by atoms with Crippen molar-refractivity contribution < 1.29 is 37.1 Å². The highest BCUT2D eigenvalue weighted by Crippen LogP contribution is 2.47. The van der Waals surface area contributed by atoms with Crippen LogP contribution in [0.1, 0.15) is 29.5 Å². The van der Waals surface area contributed by atoms with Gasteiger partial charge in [-0.3, -0.25) is 19.3 Å². The maximum absolute atomic E-state index is 14.8. The molecule has 2 N–H and O–H groups in total. The van der Waals surface area contributed by atoms with Gasteiger partial charge >= 0.3 is 6.18 Å². The molecular weight excluding hydrogens is 496 g/mol. The number of halogens is 4. The van der Waals surface area contributed by atoms with Crippen molar-refractivity contribution in [1.82, 2.24) is 10.2 Å². The van der Waals surface area contributed by atoms with Crippen LogP contribution in [0, 0.1) is 23.1 Å². The number of rotatable bonds is 6. The van der Waals surface area contributed by atoms with Crippen molar-refractivity contribution in [3.63, 3.8) is 0 Å². The number of hydrogen-bond donors (Lipinski definition) is 2. The lowest BCUT2D eigenvalue weighted by atomic mass is 9.64. The van der Waals surface area contributed by atoms with Gasteiger partial charge in [0.05, 0.1) is 29.5 Å². The zero-order valence-electron chi connectivity index (χ0n) is 19.4. The average molecular weight is 518 g/mol. The molecule has 0 radical (unpaired) electrons. The summed E-state index contributed by atoms with van der Waals surface area (Å²) in [6.07, 6.45) is -4.70. The predicted octanol–water partition coefficient (Wildman–Crippen LogP) is 2.35. The fraction of sp³-hybridized carbons (Fsp3) is 0.360. The number of benzene rings is 2. The monoisotopic (exact) mass is 518 g/mol. The Morgan fingerprint density at radius 3 is 2.41 bits per heavy atom. The Morgan fingerprint density at radius 2 is 1.84 bits per heavy atom. The van der Waals surface area contributed by atoms with Crippen LogP contribution in [0.2, 0.25) is 0 Å². The van der Waals surface area contributed by atoms with Crippen molar-refractivity contribution in [2.75, 3.05) is 24.6 Å². The number of anilines is 1. The minimum Gasteiger partial charge on any atom is -0.395 e. The molecule has 2 fully saturated rings. The summed E-state index contributed by atoms with van der Waals surface area (Å²) < 4.78 is 53.6. The van der Waals surface area contributed by atoms with E-state index in [2.05, 4.69) is 5.32 Å². The number of aliphatic hydroxyl groups is 1. The fourth-order valence-corrected chi connectivity index (χ4v) is 4.77. The van der Waals surface area contributed by atoms with Crippen molar-refractivity contribution in [2.45, 2.75) is 31.1 Å². The standard InChI is InChI=1S/C25H22F4N4O4/c26-19-9-16(12-30)3-6-20(19)32-14-21(35)33(13-15-1-4-18(5-2-15)25(27,28)29)24(23(32)37)10-17(11-24)22(36)31-7-8-34/h1-6,9,17,34H,7-8,10-11,13-14H2,(H,31,36)/t17-,24-. The van der Waals surface area contributed by atoms with E-state index in [4.69, 9.17) is 10.4 Å². The van der Waals surface area contributed by atoms with Gasteiger partial charge in [0.2, 0.25) is 11.8 Å². The number of nitrogens with zero attached hydrogens (tertiary/aromatic N) is 3. The van der Waals surface area contributed by atoms with E-state index >= 15 is 0 Å². The maximum Gasteiger partial charge on any atom is 0.416 e. The second-order valence-electron chi connectivity index (χ2n) is 9.00. The van der Waals surface area contributed by atoms with E-state index in [1.807, 2.05) is 0 Å². The van der Waals surface area contributed by atoms with Crippen LogP contribution < -0.4 is 10.2 Å². The molecule has 2 aromatic rings. The predicted molar refractivity (Wildman–Crippen MR) is 121 cm³/mol. The second-order valence-corrected chi connectivity index (χ2v) is 9.00. The third kappa shape index (κ3) is 4.86. The van der Waals surface area contributed by atoms with E-state index in [0.29, 0.717) is 5.56 Å². The Hall–Kier alpha value is -3.98. The highest BCUT2D eigenvalue weighted by atomic mass is 19.4. The lowest BCUT2D eigenvalue weighted by molar-refractivity contribution is -0.165. The van der Waals surface area contributed by atoms with Crippen LogP contribution in [0.5, 0.6) is 0 Å². The molecule has 194 valence electrons. The third-order valence-electron chi connectivity index (χ3n) is 6.69. The number of nitriles is 1. The third-order valence-corrected chi connectivity index (χ3v) is 6.69. The van der Waals surface area contributed by atoms with E-state index in [0.717, 1.165) is 23.1 Å². The summed E-state index contributed by atoms with van der Waals surface area (Å²) in [7, 11) is 0. The number of nitrogens with one attached hydrogen (secondary N) is 1. The number of carbonyl (C=O) groups excluding carboxylic acids is 3. The van der Waals surface area contributed by atoms with Crippen LogP contribution in [0.3, 0.4) is 0 Å². The molecule has 4 rings (SSSR count). The SMILES string of the molecule is N#Cc1ccc(N2CC(=O)N(Cc3ccc(C(F)(F)F)cc3)[C@]3(C[C@H](C(=O)NCCO)C3)C2=O)c(F)c1. The molecule has 2 aromatic carbocycles. The first-order valence-corrected chi connectivity index (χ1v) is 11.4. The largest absolute Gasteiger partial charge is 0.416 e. The Balaban J connectivity index is 1.65. The summed E-state index contributed by atoms with van der Waals surface area (Å²) in [5, 5.41) is 20.5. The first-order chi connectivity index (χ1) is 17.5. The molecule has 8 nitrogen and oxygen atoms in total. The van der Waals surface area contributed by atoms with Gasteiger partial charge < -0.3 is 15.3 Å². The topological polar surface area (TPSA) is 114 Å². The molecule has 1 saturated heterocycles. The molecular formula is C25H22F4N4O4. The number of carbonyl (C=O) groups is 3. The molecule has 12 heteroatoms. The van der Waals surface area contributed by atoms with Crippen molar-refractivity contribution in [3.05, 3.63) is 65.0 Å². The molecule has 37 heavy (non-hydrogen) atoms. The van der Waals surface area contributed by atoms with E-state index in [9.17, 15) is 31.9 Å². The summed E-state index contributed by atoms with van der Waals surface area (Å²) in [6.45, 7) is -0.983. The minimum atomic E-state index is -4.54. The van der Waals surface area contributed by atoms with E-state index in [-0.39, 0.29) is 43.8 Å². The summed E-state index contributed by atoms with van der Waals surface area (Å²) in [5.74, 6) is -3.16. The molecule has 0 atom stereocenters. The Labute approximate surface area is 209 Å². The highest BCUT2D eigenvalue weighted by molar-refractivity contribution is 6.10. The van der Waals surface area contributed by atoms with Crippen molar-refractivity contribution in [1.29, 1.82) is 5.26 Å². The summed E-state index contributed by atoms with van der Waals surface area (Å²) in [4.78, 5) is 41.7. The van der Waals surface area contributed by atoms with Gasteiger partial charge in [0.15, 0.2) is 0 Å². The molecule has 2 aliphatic rings. The molecule has 3 amide bonds. The Kier molecular flexibility index (Phi) is 6.92. The van der Waals surface area contributed by atoms with Gasteiger partial charge in [-0.25, -0.2) is 4.39 Å². The molecule has 0 unspecified atom stereocenters. The number of amides is 3. The highest BCUT2D eigenvalue weighted by Gasteiger charge is 2.61. The first-order valence-electron chi connectivity index (χ1n) is 11.4. The maximum atomic E-state index is 14.8. The van der Waals surface area contributed by atoms with E-state index < -0.39 is 53.3 Å². The molecule has 1 spiro atoms. The van der Waals surface area contributed by atoms with Gasteiger partial charge in [0.1, 0.15) is 17.9 Å². The molecule has 1 heterocycles. The molecule has 1 aliphatic heterocycles. The lowest BCUT2D eigenvalue weighted by Gasteiger charge is -2.56. The van der Waals surface area contributed by atoms with Crippen molar-refractivity contribution in [3.8, 4) is 6.07 Å². The van der Waals surface area contributed by atoms with Gasteiger partial charge in [-0.1, -0.05) is 12.1 Å².